The van der Waals surface area contributed by atoms with Gasteiger partial charge in [-0.1, -0.05) is 0 Å². The second-order valence-electron chi connectivity index (χ2n) is 4.10. The summed E-state index contributed by atoms with van der Waals surface area (Å²) in [5, 5.41) is 2.74. The van der Waals surface area contributed by atoms with Crippen LogP contribution in [0.15, 0.2) is 6.07 Å². The van der Waals surface area contributed by atoms with Crippen LogP contribution in [-0.4, -0.2) is 39.7 Å². The van der Waals surface area contributed by atoms with E-state index in [0.717, 1.165) is 0 Å². The van der Waals surface area contributed by atoms with Crippen molar-refractivity contribution in [3.63, 3.8) is 0 Å². The summed E-state index contributed by atoms with van der Waals surface area (Å²) in [5.41, 5.74) is 0.0914. The number of rotatable bonds is 4. The predicted octanol–water partition coefficient (Wildman–Crippen LogP) is 1.40. The van der Waals surface area contributed by atoms with Gasteiger partial charge in [0.1, 0.15) is 5.56 Å². The Balaban J connectivity index is 2.58. The van der Waals surface area contributed by atoms with E-state index in [1.54, 1.807) is 7.05 Å². The molecule has 0 saturated heterocycles. The Labute approximate surface area is 110 Å². The maximum Gasteiger partial charge on any atom is 0.184 e. The average molecular weight is 269 g/mol. The molecule has 5 nitrogen and oxygen atoms in total. The largest absolute Gasteiger partial charge is 0.493 e. The fourth-order valence-electron chi connectivity index (χ4n) is 1.96. The highest BCUT2D eigenvalue weighted by Crippen LogP contribution is 2.41. The van der Waals surface area contributed by atoms with Crippen LogP contribution in [-0.2, 0) is 0 Å². The molecule has 1 aliphatic rings. The van der Waals surface area contributed by atoms with Gasteiger partial charge >= 0.3 is 0 Å². The number of benzene rings is 1. The van der Waals surface area contributed by atoms with E-state index >= 15 is 0 Å². The van der Waals surface area contributed by atoms with Crippen LogP contribution in [0.2, 0.25) is 0 Å². The van der Waals surface area contributed by atoms with Gasteiger partial charge in [-0.05, 0) is 7.05 Å². The molecule has 1 heterocycles. The van der Waals surface area contributed by atoms with Gasteiger partial charge in [0.15, 0.2) is 28.8 Å². The lowest BCUT2D eigenvalue weighted by Gasteiger charge is -2.16. The molecule has 104 valence electrons. The Hall–Kier alpha value is -1.82. The number of methoxy groups -OCH3 is 1. The second kappa shape index (κ2) is 5.88. The first-order valence-corrected chi connectivity index (χ1v) is 6.03. The van der Waals surface area contributed by atoms with Crippen molar-refractivity contribution in [3.8, 4) is 17.2 Å². The van der Waals surface area contributed by atoms with Crippen LogP contribution >= 0.6 is 0 Å². The summed E-state index contributed by atoms with van der Waals surface area (Å²) in [7, 11) is 2.96. The van der Waals surface area contributed by atoms with Gasteiger partial charge in [0.25, 0.3) is 0 Å². The predicted molar refractivity (Wildman–Crippen MR) is 66.8 cm³/mol. The zero-order valence-corrected chi connectivity index (χ0v) is 10.9. The molecule has 0 aliphatic carbocycles. The number of halogens is 1. The molecule has 0 fully saturated rings. The number of hydrogen-bond acceptors (Lipinski definition) is 5. The SMILES string of the molecule is CNCC(=O)c1c(OC)c(F)cc2c1OCCCO2. The number of nitrogens with one attached hydrogen (secondary N) is 1. The van der Waals surface area contributed by atoms with Crippen molar-refractivity contribution in [1.29, 1.82) is 0 Å². The lowest BCUT2D eigenvalue weighted by Crippen LogP contribution is -2.20. The smallest absolute Gasteiger partial charge is 0.184 e. The molecule has 0 aromatic heterocycles. The van der Waals surface area contributed by atoms with Gasteiger partial charge in [-0.25, -0.2) is 4.39 Å². The van der Waals surface area contributed by atoms with Crippen LogP contribution in [0.3, 0.4) is 0 Å². The first-order valence-electron chi connectivity index (χ1n) is 6.03. The number of Topliss-reactive ketones (excluding diaryl/α,β-unsaturated/α-hetero) is 1. The van der Waals surface area contributed by atoms with Gasteiger partial charge in [-0.2, -0.15) is 0 Å². The Morgan fingerprint density at radius 1 is 1.47 bits per heavy atom. The van der Waals surface area contributed by atoms with Gasteiger partial charge in [-0.15, -0.1) is 0 Å². The molecule has 19 heavy (non-hydrogen) atoms. The normalized spacial score (nSPS) is 13.8. The zero-order chi connectivity index (χ0) is 13.8. The molecule has 0 radical (unpaired) electrons. The van der Waals surface area contributed by atoms with Crippen LogP contribution in [0.5, 0.6) is 17.2 Å². The third-order valence-corrected chi connectivity index (χ3v) is 2.77. The summed E-state index contributed by atoms with van der Waals surface area (Å²) in [6.07, 6.45) is 0.679. The fraction of sp³-hybridized carbons (Fsp3) is 0.462. The van der Waals surface area contributed by atoms with E-state index in [1.807, 2.05) is 0 Å². The third-order valence-electron chi connectivity index (χ3n) is 2.77. The number of likely N-dealkylation sites (N-methyl/N-ethyl adjacent to an activating group) is 1. The summed E-state index contributed by atoms with van der Waals surface area (Å²) < 4.78 is 29.9. The Morgan fingerprint density at radius 2 is 2.21 bits per heavy atom. The lowest BCUT2D eigenvalue weighted by molar-refractivity contribution is 0.0985. The standard InChI is InChI=1S/C13H16FNO4/c1-15-7-9(16)11-12(17-2)8(14)6-10-13(11)19-5-3-4-18-10/h6,15H,3-5,7H2,1-2H3. The minimum Gasteiger partial charge on any atom is -0.493 e. The molecule has 1 aliphatic heterocycles. The summed E-state index contributed by atoms with van der Waals surface area (Å²) >= 11 is 0. The molecular formula is C13H16FNO4. The Bertz CT molecular complexity index is 490. The summed E-state index contributed by atoms with van der Waals surface area (Å²) in [6.45, 7) is 0.912. The highest BCUT2D eigenvalue weighted by atomic mass is 19.1. The quantitative estimate of drug-likeness (QED) is 0.837. The number of carbonyl (C=O) groups is 1. The Morgan fingerprint density at radius 3 is 2.89 bits per heavy atom. The van der Waals surface area contributed by atoms with Gasteiger partial charge < -0.3 is 19.5 Å². The van der Waals surface area contributed by atoms with E-state index in [2.05, 4.69) is 5.32 Å². The van der Waals surface area contributed by atoms with E-state index in [1.165, 1.54) is 13.2 Å². The maximum absolute atomic E-state index is 13.9. The molecule has 0 atom stereocenters. The van der Waals surface area contributed by atoms with Crippen molar-refractivity contribution >= 4 is 5.78 Å². The highest BCUT2D eigenvalue weighted by Gasteiger charge is 2.27. The molecule has 0 bridgehead atoms. The molecule has 0 unspecified atom stereocenters. The van der Waals surface area contributed by atoms with Crippen molar-refractivity contribution in [3.05, 3.63) is 17.4 Å². The zero-order valence-electron chi connectivity index (χ0n) is 10.9. The number of ether oxygens (including phenoxy) is 3. The number of fused-ring (bicyclic) bond motifs is 1. The lowest BCUT2D eigenvalue weighted by atomic mass is 10.1. The molecule has 0 spiro atoms. The minimum atomic E-state index is -0.633. The second-order valence-corrected chi connectivity index (χ2v) is 4.10. The monoisotopic (exact) mass is 269 g/mol. The first kappa shape index (κ1) is 13.6. The van der Waals surface area contributed by atoms with E-state index in [0.29, 0.717) is 19.6 Å². The van der Waals surface area contributed by atoms with Crippen LogP contribution in [0, 0.1) is 5.82 Å². The fourth-order valence-corrected chi connectivity index (χ4v) is 1.96. The number of hydrogen-bond donors (Lipinski definition) is 1. The first-order chi connectivity index (χ1) is 9.19. The van der Waals surface area contributed by atoms with E-state index in [-0.39, 0.29) is 35.1 Å². The van der Waals surface area contributed by atoms with Crippen LogP contribution in [0.4, 0.5) is 4.39 Å². The van der Waals surface area contributed by atoms with Crippen molar-refractivity contribution in [1.82, 2.24) is 5.32 Å². The van der Waals surface area contributed by atoms with Crippen molar-refractivity contribution < 1.29 is 23.4 Å². The van der Waals surface area contributed by atoms with E-state index < -0.39 is 5.82 Å². The molecule has 0 amide bonds. The summed E-state index contributed by atoms with van der Waals surface area (Å²) in [4.78, 5) is 12.1. The summed E-state index contributed by atoms with van der Waals surface area (Å²) in [5.74, 6) is -0.539. The topological polar surface area (TPSA) is 56.8 Å². The summed E-state index contributed by atoms with van der Waals surface area (Å²) in [6, 6.07) is 1.19. The third kappa shape index (κ3) is 2.63. The molecule has 2 rings (SSSR count). The van der Waals surface area contributed by atoms with Gasteiger partial charge in [0.05, 0.1) is 26.9 Å². The van der Waals surface area contributed by atoms with Crippen LogP contribution in [0.1, 0.15) is 16.8 Å². The molecule has 0 saturated carbocycles. The minimum absolute atomic E-state index is 0.0651. The van der Waals surface area contributed by atoms with Gasteiger partial charge in [0.2, 0.25) is 0 Å². The van der Waals surface area contributed by atoms with E-state index in [4.69, 9.17) is 14.2 Å². The van der Waals surface area contributed by atoms with Gasteiger partial charge in [-0.3, -0.25) is 4.79 Å². The van der Waals surface area contributed by atoms with E-state index in [9.17, 15) is 9.18 Å². The number of ketones is 1. The van der Waals surface area contributed by atoms with Crippen molar-refractivity contribution in [2.24, 2.45) is 0 Å². The molecule has 1 N–H and O–H groups in total. The maximum atomic E-state index is 13.9. The van der Waals surface area contributed by atoms with Crippen molar-refractivity contribution in [2.75, 3.05) is 33.9 Å². The molecular weight excluding hydrogens is 253 g/mol. The molecule has 1 aromatic carbocycles. The molecule has 6 heteroatoms. The van der Waals surface area contributed by atoms with Crippen LogP contribution in [0.25, 0.3) is 0 Å². The Kier molecular flexibility index (Phi) is 4.21. The van der Waals surface area contributed by atoms with Gasteiger partial charge in [0, 0.05) is 12.5 Å². The van der Waals surface area contributed by atoms with Crippen molar-refractivity contribution in [2.45, 2.75) is 6.42 Å². The number of carbonyl (C=O) groups excluding carboxylic acids is 1. The average Bonchev–Trinajstić information content (AvgIpc) is 2.62. The van der Waals surface area contributed by atoms with Crippen LogP contribution < -0.4 is 19.5 Å². The molecule has 1 aromatic rings. The highest BCUT2D eigenvalue weighted by molar-refractivity contribution is 6.03.